The van der Waals surface area contributed by atoms with E-state index < -0.39 is 23.4 Å². The molecule has 2 heterocycles. The van der Waals surface area contributed by atoms with Crippen molar-refractivity contribution in [2.45, 2.75) is 80.1 Å². The third-order valence-corrected chi connectivity index (χ3v) is 5.87. The molecule has 1 atom stereocenters. The SMILES string of the molecule is CC.CCc1ccc2cc(CC)oc2c1.COC(=O)N/C=C/CCC(C)c1cc(O)c(C(=O)C(C)C)c(=O)o1. The molecule has 2 aromatic heterocycles. The van der Waals surface area contributed by atoms with Crippen molar-refractivity contribution in [3.05, 3.63) is 75.7 Å². The van der Waals surface area contributed by atoms with E-state index in [-0.39, 0.29) is 17.2 Å². The van der Waals surface area contributed by atoms with Gasteiger partial charge in [0.25, 0.3) is 0 Å². The quantitative estimate of drug-likeness (QED) is 0.269. The molecule has 0 fully saturated rings. The lowest BCUT2D eigenvalue weighted by Crippen LogP contribution is -2.19. The minimum Gasteiger partial charge on any atom is -0.507 e. The summed E-state index contributed by atoms with van der Waals surface area (Å²) in [6.45, 7) is 13.4. The van der Waals surface area contributed by atoms with Crippen molar-refractivity contribution >= 4 is 22.8 Å². The molecule has 0 aliphatic heterocycles. The minimum atomic E-state index is -0.821. The molecule has 39 heavy (non-hydrogen) atoms. The van der Waals surface area contributed by atoms with E-state index >= 15 is 0 Å². The standard InChI is InChI=1S/C17H23NO6.C12H14O.C2H6/c1-10(2)15(20)14-12(19)9-13(24-16(14)21)11(3)7-5-6-8-18-17(22)23-4;1-3-9-5-6-10-8-11(4-2)13-12(10)7-9;1-2/h6,8-11,19H,5,7H2,1-4H3,(H,18,22);5-8H,3-4H2,1-2H3;1-2H3/b8-6+;;. The smallest absolute Gasteiger partial charge is 0.410 e. The molecular formula is C31H43NO7. The average molecular weight is 542 g/mol. The lowest BCUT2D eigenvalue weighted by Gasteiger charge is -2.11. The van der Waals surface area contributed by atoms with E-state index in [1.807, 2.05) is 20.8 Å². The van der Waals surface area contributed by atoms with Gasteiger partial charge >= 0.3 is 11.7 Å². The number of methoxy groups -OCH3 is 1. The maximum atomic E-state index is 12.0. The summed E-state index contributed by atoms with van der Waals surface area (Å²) in [7, 11) is 1.27. The van der Waals surface area contributed by atoms with E-state index in [9.17, 15) is 19.5 Å². The van der Waals surface area contributed by atoms with E-state index in [0.717, 1.165) is 24.2 Å². The highest BCUT2D eigenvalue weighted by molar-refractivity contribution is 5.99. The zero-order chi connectivity index (χ0) is 29.5. The van der Waals surface area contributed by atoms with Crippen molar-refractivity contribution in [3.63, 3.8) is 0 Å². The molecule has 1 amide bonds. The van der Waals surface area contributed by atoms with Crippen LogP contribution in [0.4, 0.5) is 4.79 Å². The highest BCUT2D eigenvalue weighted by Crippen LogP contribution is 2.26. The van der Waals surface area contributed by atoms with E-state index in [4.69, 9.17) is 8.83 Å². The minimum absolute atomic E-state index is 0.144. The zero-order valence-electron chi connectivity index (χ0n) is 24.4. The lowest BCUT2D eigenvalue weighted by molar-refractivity contribution is 0.0931. The number of aryl methyl sites for hydroxylation is 2. The van der Waals surface area contributed by atoms with Gasteiger partial charge in [-0.3, -0.25) is 10.1 Å². The molecule has 1 aromatic carbocycles. The van der Waals surface area contributed by atoms with E-state index in [0.29, 0.717) is 18.6 Å². The number of fused-ring (bicyclic) bond motifs is 1. The molecule has 8 heteroatoms. The Hall–Kier alpha value is -3.81. The number of furan rings is 1. The molecule has 0 saturated carbocycles. The molecule has 0 aliphatic rings. The summed E-state index contributed by atoms with van der Waals surface area (Å²) >= 11 is 0. The Balaban J connectivity index is 0.000000422. The predicted molar refractivity (Wildman–Crippen MR) is 154 cm³/mol. The number of rotatable bonds is 9. The van der Waals surface area contributed by atoms with Crippen LogP contribution in [0.5, 0.6) is 5.75 Å². The zero-order valence-corrected chi connectivity index (χ0v) is 24.4. The van der Waals surface area contributed by atoms with Crippen LogP contribution in [0, 0.1) is 5.92 Å². The number of aromatic hydroxyl groups is 1. The summed E-state index contributed by atoms with van der Waals surface area (Å²) in [5.74, 6) is 0.0338. The normalized spacial score (nSPS) is 11.4. The maximum Gasteiger partial charge on any atom is 0.410 e. The third kappa shape index (κ3) is 10.1. The number of ether oxygens (including phenoxy) is 1. The fraction of sp³-hybridized carbons (Fsp3) is 0.452. The molecule has 3 rings (SSSR count). The van der Waals surface area contributed by atoms with Crippen molar-refractivity contribution < 1.29 is 28.3 Å². The van der Waals surface area contributed by atoms with Gasteiger partial charge in [0.1, 0.15) is 28.4 Å². The number of carbonyl (C=O) groups excluding carboxylic acids is 2. The summed E-state index contributed by atoms with van der Waals surface area (Å²) in [6.07, 6.45) is 5.93. The number of carbonyl (C=O) groups is 2. The molecule has 0 radical (unpaired) electrons. The number of amides is 1. The molecule has 0 aliphatic carbocycles. The Morgan fingerprint density at radius 3 is 2.31 bits per heavy atom. The third-order valence-electron chi connectivity index (χ3n) is 5.87. The van der Waals surface area contributed by atoms with Crippen LogP contribution in [0.15, 0.2) is 56.2 Å². The van der Waals surface area contributed by atoms with E-state index in [2.05, 4.69) is 48.2 Å². The van der Waals surface area contributed by atoms with Gasteiger partial charge in [0, 0.05) is 35.9 Å². The van der Waals surface area contributed by atoms with Crippen LogP contribution in [0.25, 0.3) is 11.0 Å². The van der Waals surface area contributed by atoms with Crippen molar-refractivity contribution in [2.75, 3.05) is 7.11 Å². The summed E-state index contributed by atoms with van der Waals surface area (Å²) in [5.41, 5.74) is 1.24. The maximum absolute atomic E-state index is 12.0. The monoisotopic (exact) mass is 541 g/mol. The van der Waals surface area contributed by atoms with Gasteiger partial charge in [-0.25, -0.2) is 9.59 Å². The van der Waals surface area contributed by atoms with Gasteiger partial charge in [-0.05, 0) is 37.0 Å². The number of alkyl carbamates (subject to hydrolysis) is 1. The largest absolute Gasteiger partial charge is 0.507 e. The second-order valence-electron chi connectivity index (χ2n) is 9.02. The molecule has 3 aromatic rings. The molecule has 0 spiro atoms. The number of hydrogen-bond donors (Lipinski definition) is 2. The van der Waals surface area contributed by atoms with Crippen LogP contribution < -0.4 is 10.9 Å². The Bertz CT molecular complexity index is 1280. The molecule has 214 valence electrons. The molecular weight excluding hydrogens is 498 g/mol. The van der Waals surface area contributed by atoms with Crippen molar-refractivity contribution in [2.24, 2.45) is 5.92 Å². The summed E-state index contributed by atoms with van der Waals surface area (Å²) in [4.78, 5) is 34.7. The number of nitrogens with one attached hydrogen (secondary N) is 1. The molecule has 8 nitrogen and oxygen atoms in total. The van der Waals surface area contributed by atoms with Gasteiger partial charge in [-0.2, -0.15) is 0 Å². The lowest BCUT2D eigenvalue weighted by atomic mass is 9.99. The topological polar surface area (TPSA) is 119 Å². The number of ketones is 1. The van der Waals surface area contributed by atoms with Crippen LogP contribution >= 0.6 is 0 Å². The van der Waals surface area contributed by atoms with Crippen LogP contribution in [0.2, 0.25) is 0 Å². The molecule has 0 bridgehead atoms. The van der Waals surface area contributed by atoms with Crippen molar-refractivity contribution in [3.8, 4) is 5.75 Å². The first kappa shape index (κ1) is 33.2. The van der Waals surface area contributed by atoms with Crippen LogP contribution in [0.3, 0.4) is 0 Å². The van der Waals surface area contributed by atoms with Crippen molar-refractivity contribution in [1.82, 2.24) is 5.32 Å². The molecule has 1 unspecified atom stereocenters. The van der Waals surface area contributed by atoms with Gasteiger partial charge in [0.15, 0.2) is 5.78 Å². The van der Waals surface area contributed by atoms with Gasteiger partial charge < -0.3 is 18.7 Å². The summed E-state index contributed by atoms with van der Waals surface area (Å²) in [5, 5.41) is 13.6. The second-order valence-corrected chi connectivity index (χ2v) is 9.02. The summed E-state index contributed by atoms with van der Waals surface area (Å²) < 4.78 is 15.3. The number of allylic oxidation sites excluding steroid dienone is 1. The Kier molecular flexibility index (Phi) is 14.4. The fourth-order valence-electron chi connectivity index (χ4n) is 3.54. The van der Waals surface area contributed by atoms with Gasteiger partial charge in [-0.1, -0.05) is 66.7 Å². The van der Waals surface area contributed by atoms with Crippen LogP contribution in [-0.4, -0.2) is 24.1 Å². The first-order chi connectivity index (χ1) is 18.6. The first-order valence-electron chi connectivity index (χ1n) is 13.5. The van der Waals surface area contributed by atoms with E-state index in [1.54, 1.807) is 19.9 Å². The number of benzene rings is 1. The average Bonchev–Trinajstić information content (AvgIpc) is 3.36. The Labute approximate surface area is 231 Å². The Morgan fingerprint density at radius 1 is 1.05 bits per heavy atom. The first-order valence-corrected chi connectivity index (χ1v) is 13.5. The predicted octanol–water partition coefficient (Wildman–Crippen LogP) is 7.52. The van der Waals surface area contributed by atoms with Crippen LogP contribution in [-0.2, 0) is 17.6 Å². The van der Waals surface area contributed by atoms with Crippen LogP contribution in [0.1, 0.15) is 94.7 Å². The van der Waals surface area contributed by atoms with Crippen molar-refractivity contribution in [1.29, 1.82) is 0 Å². The van der Waals surface area contributed by atoms with E-state index in [1.165, 1.54) is 30.3 Å². The summed E-state index contributed by atoms with van der Waals surface area (Å²) in [6, 6.07) is 9.87. The molecule has 0 saturated heterocycles. The fourth-order valence-corrected chi connectivity index (χ4v) is 3.54. The second kappa shape index (κ2) is 16.9. The highest BCUT2D eigenvalue weighted by Gasteiger charge is 2.22. The van der Waals surface area contributed by atoms with Gasteiger partial charge in [-0.15, -0.1) is 0 Å². The van der Waals surface area contributed by atoms with Gasteiger partial charge in [0.2, 0.25) is 0 Å². The Morgan fingerprint density at radius 2 is 1.74 bits per heavy atom. The number of Topliss-reactive ketones (excluding diaryl/α,β-unsaturated/α-hetero) is 1. The van der Waals surface area contributed by atoms with Gasteiger partial charge in [0.05, 0.1) is 7.11 Å². The number of hydrogen-bond acceptors (Lipinski definition) is 7. The highest BCUT2D eigenvalue weighted by atomic mass is 16.5. The molecule has 2 N–H and O–H groups in total.